The third-order valence-corrected chi connectivity index (χ3v) is 6.45. The summed E-state index contributed by atoms with van der Waals surface area (Å²) in [5, 5.41) is 23.8. The molecule has 8 heteroatoms. The fourth-order valence-corrected chi connectivity index (χ4v) is 4.42. The number of hydrogen-bond donors (Lipinski definition) is 3. The Morgan fingerprint density at radius 1 is 1.00 bits per heavy atom. The van der Waals surface area contributed by atoms with Crippen molar-refractivity contribution in [3.8, 4) is 11.8 Å². The fraction of sp³-hybridized carbons (Fsp3) is 0.583. The lowest BCUT2D eigenvalue weighted by Gasteiger charge is -2.43. The van der Waals surface area contributed by atoms with E-state index in [0.717, 1.165) is 42.8 Å². The molecule has 7 nitrogen and oxygen atoms in total. The number of unbranched alkanes of at least 4 members (excludes halogenated alkanes) is 8. The molecule has 1 aliphatic rings. The monoisotopic (exact) mass is 463 g/mol. The highest BCUT2D eigenvalue weighted by Gasteiger charge is 2.59. The van der Waals surface area contributed by atoms with E-state index in [4.69, 9.17) is 9.47 Å². The van der Waals surface area contributed by atoms with Gasteiger partial charge in [0, 0.05) is 18.6 Å². The molecule has 0 saturated carbocycles. The highest BCUT2D eigenvalue weighted by Crippen LogP contribution is 2.40. The summed E-state index contributed by atoms with van der Waals surface area (Å²) in [6, 6.07) is 3.24. The number of nitrogens with one attached hydrogen (secondary N) is 1. The van der Waals surface area contributed by atoms with E-state index in [1.54, 1.807) is 12.1 Å². The summed E-state index contributed by atoms with van der Waals surface area (Å²) in [5.41, 5.74) is -2.07. The summed E-state index contributed by atoms with van der Waals surface area (Å²) in [6.07, 6.45) is 12.4. The van der Waals surface area contributed by atoms with Crippen LogP contribution in [0.3, 0.4) is 0 Å². The first kappa shape index (κ1) is 26.1. The summed E-state index contributed by atoms with van der Waals surface area (Å²) in [5.74, 6) is 1.93. The van der Waals surface area contributed by atoms with E-state index in [0.29, 0.717) is 4.88 Å². The summed E-state index contributed by atoms with van der Waals surface area (Å²) in [4.78, 5) is 24.9. The smallest absolute Gasteiger partial charge is 0.334 e. The van der Waals surface area contributed by atoms with Crippen molar-refractivity contribution >= 4 is 23.3 Å². The van der Waals surface area contributed by atoms with Crippen LogP contribution >= 0.6 is 11.3 Å². The van der Waals surface area contributed by atoms with Gasteiger partial charge in [0.1, 0.15) is 6.61 Å². The number of esters is 2. The maximum atomic E-state index is 12.1. The van der Waals surface area contributed by atoms with Gasteiger partial charge in [-0.05, 0) is 25.6 Å². The normalized spacial score (nSPS) is 24.0. The molecule has 0 aliphatic carbocycles. The van der Waals surface area contributed by atoms with Gasteiger partial charge in [0.25, 0.3) is 5.72 Å². The first-order valence-corrected chi connectivity index (χ1v) is 12.0. The molecule has 0 aromatic carbocycles. The maximum absolute atomic E-state index is 12.1. The van der Waals surface area contributed by atoms with E-state index >= 15 is 0 Å². The van der Waals surface area contributed by atoms with Crippen LogP contribution in [0.4, 0.5) is 0 Å². The summed E-state index contributed by atoms with van der Waals surface area (Å²) >= 11 is 1.10. The zero-order chi connectivity index (χ0) is 23.5. The number of likely N-dealkylation sites (N-methyl/N-ethyl adjacent to an activating group) is 1. The molecule has 2 unspecified atom stereocenters. The van der Waals surface area contributed by atoms with Gasteiger partial charge >= 0.3 is 17.7 Å². The van der Waals surface area contributed by atoms with Crippen molar-refractivity contribution in [2.45, 2.75) is 76.2 Å². The fourth-order valence-electron chi connectivity index (χ4n) is 3.45. The van der Waals surface area contributed by atoms with Crippen LogP contribution in [0, 0.1) is 11.8 Å². The molecule has 1 aromatic heterocycles. The van der Waals surface area contributed by atoms with Crippen molar-refractivity contribution in [3.05, 3.63) is 34.0 Å². The Kier molecular flexibility index (Phi) is 10.4. The largest absolute Gasteiger partial charge is 0.430 e. The molecule has 0 bridgehead atoms. The van der Waals surface area contributed by atoms with E-state index < -0.39 is 30.1 Å². The van der Waals surface area contributed by atoms with Crippen LogP contribution in [0.15, 0.2) is 24.3 Å². The minimum absolute atomic E-state index is 0.175. The second kappa shape index (κ2) is 12.8. The zero-order valence-corrected chi connectivity index (χ0v) is 19.6. The van der Waals surface area contributed by atoms with E-state index in [-0.39, 0.29) is 4.88 Å². The van der Waals surface area contributed by atoms with Gasteiger partial charge in [-0.15, -0.1) is 11.3 Å². The van der Waals surface area contributed by atoms with E-state index in [2.05, 4.69) is 24.1 Å². The molecular weight excluding hydrogens is 430 g/mol. The van der Waals surface area contributed by atoms with Gasteiger partial charge in [-0.3, -0.25) is 5.32 Å². The molecule has 1 aromatic rings. The second-order valence-corrected chi connectivity index (χ2v) is 8.83. The minimum atomic E-state index is -2.43. The Morgan fingerprint density at radius 3 is 2.25 bits per heavy atom. The molecule has 2 rings (SSSR count). The third kappa shape index (κ3) is 6.66. The lowest BCUT2D eigenvalue weighted by Crippen LogP contribution is -2.66. The SMILES string of the molecule is CCCCCCCCCCC#Cc1ccc(C2(O)OC(=O)/C=C\C(=O)OC2(CO)NC)s1. The van der Waals surface area contributed by atoms with Crippen LogP contribution in [0.1, 0.15) is 74.5 Å². The van der Waals surface area contributed by atoms with Crippen molar-refractivity contribution in [2.24, 2.45) is 0 Å². The van der Waals surface area contributed by atoms with E-state index in [1.807, 2.05) is 0 Å². The highest BCUT2D eigenvalue weighted by molar-refractivity contribution is 7.12. The number of hydrogen-bond acceptors (Lipinski definition) is 8. The summed E-state index contributed by atoms with van der Waals surface area (Å²) in [7, 11) is 1.38. The second-order valence-electron chi connectivity index (χ2n) is 7.75. The molecular formula is C24H33NO6S. The molecule has 1 aliphatic heterocycles. The van der Waals surface area contributed by atoms with Crippen LogP contribution in [0.2, 0.25) is 0 Å². The van der Waals surface area contributed by atoms with E-state index in [1.165, 1.54) is 45.6 Å². The quantitative estimate of drug-likeness (QED) is 0.263. The van der Waals surface area contributed by atoms with Crippen LogP contribution < -0.4 is 5.32 Å². The third-order valence-electron chi connectivity index (χ3n) is 5.36. The molecule has 176 valence electrons. The van der Waals surface area contributed by atoms with Gasteiger partial charge in [-0.25, -0.2) is 9.59 Å². The molecule has 0 saturated heterocycles. The topological polar surface area (TPSA) is 105 Å². The van der Waals surface area contributed by atoms with Crippen LogP contribution in [-0.4, -0.2) is 41.5 Å². The molecule has 3 N–H and O–H groups in total. The molecule has 2 atom stereocenters. The Labute approximate surface area is 193 Å². The first-order valence-electron chi connectivity index (χ1n) is 11.2. The Hall–Kier alpha value is -2.18. The summed E-state index contributed by atoms with van der Waals surface area (Å²) in [6.45, 7) is 1.39. The number of carbonyl (C=O) groups is 2. The van der Waals surface area contributed by atoms with Crippen molar-refractivity contribution in [1.82, 2.24) is 5.32 Å². The molecule has 0 spiro atoms. The Morgan fingerprint density at radius 2 is 1.62 bits per heavy atom. The number of cyclic esters (lactones) is 2. The van der Waals surface area contributed by atoms with Crippen LogP contribution in [-0.2, 0) is 24.8 Å². The Balaban J connectivity index is 2.03. The van der Waals surface area contributed by atoms with Gasteiger partial charge in [0.2, 0.25) is 0 Å². The van der Waals surface area contributed by atoms with Crippen LogP contribution in [0.5, 0.6) is 0 Å². The Bertz CT molecular complexity index is 848. The lowest BCUT2D eigenvalue weighted by atomic mass is 10.0. The molecule has 0 amide bonds. The van der Waals surface area contributed by atoms with Crippen molar-refractivity contribution in [3.63, 3.8) is 0 Å². The number of aliphatic hydroxyl groups excluding tert-OH is 1. The average molecular weight is 464 g/mol. The van der Waals surface area contributed by atoms with Crippen molar-refractivity contribution < 1.29 is 29.3 Å². The van der Waals surface area contributed by atoms with Gasteiger partial charge in [-0.1, -0.05) is 63.7 Å². The zero-order valence-electron chi connectivity index (χ0n) is 18.8. The van der Waals surface area contributed by atoms with Gasteiger partial charge in [0.05, 0.1) is 9.75 Å². The number of thiophene rings is 1. The molecule has 2 heterocycles. The predicted molar refractivity (Wildman–Crippen MR) is 123 cm³/mol. The van der Waals surface area contributed by atoms with Crippen LogP contribution in [0.25, 0.3) is 0 Å². The predicted octanol–water partition coefficient (Wildman–Crippen LogP) is 3.34. The van der Waals surface area contributed by atoms with Gasteiger partial charge in [0.15, 0.2) is 0 Å². The average Bonchev–Trinajstić information content (AvgIpc) is 3.26. The van der Waals surface area contributed by atoms with E-state index in [9.17, 15) is 19.8 Å². The van der Waals surface area contributed by atoms with Gasteiger partial charge in [-0.2, -0.15) is 0 Å². The van der Waals surface area contributed by atoms with Crippen molar-refractivity contribution in [2.75, 3.05) is 13.7 Å². The number of aliphatic hydroxyl groups is 2. The number of carbonyl (C=O) groups excluding carboxylic acids is 2. The summed E-state index contributed by atoms with van der Waals surface area (Å²) < 4.78 is 10.4. The number of ether oxygens (including phenoxy) is 2. The van der Waals surface area contributed by atoms with Crippen molar-refractivity contribution in [1.29, 1.82) is 0 Å². The van der Waals surface area contributed by atoms with Gasteiger partial charge < -0.3 is 19.7 Å². The lowest BCUT2D eigenvalue weighted by molar-refractivity contribution is -0.312. The molecule has 32 heavy (non-hydrogen) atoms. The first-order chi connectivity index (χ1) is 15.4. The minimum Gasteiger partial charge on any atom is -0.430 e. The standard InChI is InChI=1S/C24H33NO6S/c1-3-4-5-6-7-8-9-10-11-12-13-19-14-15-20(32-19)24(29)23(18-26,25-2)30-21(27)16-17-22(28)31-24/h14-17,25-26,29H,3-11,18H2,1-2H3/b17-16-. The highest BCUT2D eigenvalue weighted by atomic mass is 32.1. The molecule has 0 radical (unpaired) electrons. The molecule has 0 fully saturated rings. The number of rotatable bonds is 11. The maximum Gasteiger partial charge on any atom is 0.334 e.